The Kier molecular flexibility index (Phi) is 4.39. The van der Waals surface area contributed by atoms with Crippen molar-refractivity contribution < 1.29 is 8.81 Å². The van der Waals surface area contributed by atoms with E-state index in [2.05, 4.69) is 24.8 Å². The maximum absolute atomic E-state index is 13.0. The first-order valence-corrected chi connectivity index (χ1v) is 8.22. The number of oxazole rings is 1. The van der Waals surface area contributed by atoms with E-state index in [4.69, 9.17) is 4.42 Å². The molecule has 6 nitrogen and oxygen atoms in total. The molecule has 0 N–H and O–H groups in total. The number of anilines is 1. The van der Waals surface area contributed by atoms with Gasteiger partial charge in [-0.3, -0.25) is 9.88 Å². The highest BCUT2D eigenvalue weighted by atomic mass is 19.1. The zero-order valence-corrected chi connectivity index (χ0v) is 13.7. The molecule has 1 aliphatic rings. The molecule has 0 aliphatic carbocycles. The van der Waals surface area contributed by atoms with Crippen LogP contribution in [-0.2, 0) is 6.54 Å². The van der Waals surface area contributed by atoms with Gasteiger partial charge in [0.05, 0.1) is 18.9 Å². The van der Waals surface area contributed by atoms with Crippen LogP contribution in [0.25, 0.3) is 11.3 Å². The molecule has 0 spiro atoms. The van der Waals surface area contributed by atoms with E-state index in [1.807, 2.05) is 0 Å². The molecule has 128 valence electrons. The lowest BCUT2D eigenvalue weighted by molar-refractivity contribution is 0.226. The summed E-state index contributed by atoms with van der Waals surface area (Å²) in [7, 11) is 0. The minimum Gasteiger partial charge on any atom is -0.439 e. The topological polar surface area (TPSA) is 58.3 Å². The van der Waals surface area contributed by atoms with Gasteiger partial charge >= 0.3 is 0 Å². The van der Waals surface area contributed by atoms with Crippen LogP contribution in [0.5, 0.6) is 0 Å². The number of hydrogen-bond donors (Lipinski definition) is 0. The summed E-state index contributed by atoms with van der Waals surface area (Å²) in [6.45, 7) is 4.26. The number of piperazine rings is 1. The molecule has 3 heterocycles. The fraction of sp³-hybridized carbons (Fsp3) is 0.278. The number of aromatic nitrogens is 3. The van der Waals surface area contributed by atoms with Crippen LogP contribution in [0.3, 0.4) is 0 Å². The molecule has 4 rings (SSSR count). The first-order chi connectivity index (χ1) is 12.3. The van der Waals surface area contributed by atoms with Crippen molar-refractivity contribution in [3.63, 3.8) is 0 Å². The van der Waals surface area contributed by atoms with Crippen molar-refractivity contribution >= 4 is 5.82 Å². The van der Waals surface area contributed by atoms with Crippen molar-refractivity contribution in [1.82, 2.24) is 19.9 Å². The molecular formula is C18H18FN5O. The van der Waals surface area contributed by atoms with Gasteiger partial charge < -0.3 is 9.32 Å². The standard InChI is InChI=1S/C18H18FN5O/c19-15-3-1-14(2-4-15)16-11-22-18(25-16)13-23-7-9-24(10-8-23)17-12-20-5-6-21-17/h1-6,11-12H,7-10,13H2. The van der Waals surface area contributed by atoms with Crippen molar-refractivity contribution in [3.05, 3.63) is 60.8 Å². The molecule has 3 aromatic rings. The van der Waals surface area contributed by atoms with Crippen molar-refractivity contribution in [3.8, 4) is 11.3 Å². The second-order valence-electron chi connectivity index (χ2n) is 5.95. The SMILES string of the molecule is Fc1ccc(-c2cnc(CN3CCN(c4cnccn4)CC3)o2)cc1. The Morgan fingerprint density at radius 3 is 2.48 bits per heavy atom. The van der Waals surface area contributed by atoms with Gasteiger partial charge in [-0.15, -0.1) is 0 Å². The van der Waals surface area contributed by atoms with Gasteiger partial charge in [-0.05, 0) is 24.3 Å². The third-order valence-corrected chi connectivity index (χ3v) is 4.29. The van der Waals surface area contributed by atoms with Crippen molar-refractivity contribution in [1.29, 1.82) is 0 Å². The van der Waals surface area contributed by atoms with E-state index in [1.54, 1.807) is 36.9 Å². The second-order valence-corrected chi connectivity index (χ2v) is 5.95. The van der Waals surface area contributed by atoms with E-state index in [-0.39, 0.29) is 5.82 Å². The maximum Gasteiger partial charge on any atom is 0.209 e. The Labute approximate surface area is 145 Å². The first kappa shape index (κ1) is 15.7. The van der Waals surface area contributed by atoms with Gasteiger partial charge in [-0.25, -0.2) is 14.4 Å². The summed E-state index contributed by atoms with van der Waals surface area (Å²) in [4.78, 5) is 17.3. The maximum atomic E-state index is 13.0. The molecule has 0 saturated carbocycles. The van der Waals surface area contributed by atoms with Crippen LogP contribution < -0.4 is 4.90 Å². The van der Waals surface area contributed by atoms with Gasteiger partial charge in [0.25, 0.3) is 0 Å². The van der Waals surface area contributed by atoms with Crippen LogP contribution in [0, 0.1) is 5.82 Å². The van der Waals surface area contributed by atoms with Crippen molar-refractivity contribution in [2.45, 2.75) is 6.54 Å². The van der Waals surface area contributed by atoms with Gasteiger partial charge in [-0.1, -0.05) is 0 Å². The normalized spacial score (nSPS) is 15.5. The molecule has 1 saturated heterocycles. The van der Waals surface area contributed by atoms with Gasteiger partial charge in [0.1, 0.15) is 11.6 Å². The molecule has 0 bridgehead atoms. The molecule has 25 heavy (non-hydrogen) atoms. The predicted octanol–water partition coefficient (Wildman–Crippen LogP) is 2.59. The van der Waals surface area contributed by atoms with E-state index >= 15 is 0 Å². The van der Waals surface area contributed by atoms with E-state index < -0.39 is 0 Å². The van der Waals surface area contributed by atoms with Gasteiger partial charge in [0.15, 0.2) is 5.76 Å². The Morgan fingerprint density at radius 1 is 0.960 bits per heavy atom. The Bertz CT molecular complexity index is 813. The quantitative estimate of drug-likeness (QED) is 0.728. The lowest BCUT2D eigenvalue weighted by Gasteiger charge is -2.34. The average molecular weight is 339 g/mol. The van der Waals surface area contributed by atoms with E-state index in [1.165, 1.54) is 12.1 Å². The van der Waals surface area contributed by atoms with Crippen LogP contribution >= 0.6 is 0 Å². The van der Waals surface area contributed by atoms with Crippen molar-refractivity contribution in [2.24, 2.45) is 0 Å². The molecule has 1 aliphatic heterocycles. The number of rotatable bonds is 4. The minimum atomic E-state index is -0.260. The Hall–Kier alpha value is -2.80. The summed E-state index contributed by atoms with van der Waals surface area (Å²) >= 11 is 0. The zero-order valence-electron chi connectivity index (χ0n) is 13.7. The number of nitrogens with zero attached hydrogens (tertiary/aromatic N) is 5. The molecule has 0 radical (unpaired) electrons. The number of hydrogen-bond acceptors (Lipinski definition) is 6. The molecule has 2 aromatic heterocycles. The van der Waals surface area contributed by atoms with Crippen molar-refractivity contribution in [2.75, 3.05) is 31.1 Å². The molecule has 7 heteroatoms. The fourth-order valence-electron chi connectivity index (χ4n) is 2.91. The third-order valence-electron chi connectivity index (χ3n) is 4.29. The summed E-state index contributed by atoms with van der Waals surface area (Å²) in [6.07, 6.45) is 6.88. The summed E-state index contributed by atoms with van der Waals surface area (Å²) in [5, 5.41) is 0. The fourth-order valence-corrected chi connectivity index (χ4v) is 2.91. The van der Waals surface area contributed by atoms with Gasteiger partial charge in [-0.2, -0.15) is 0 Å². The molecule has 0 unspecified atom stereocenters. The third kappa shape index (κ3) is 3.66. The first-order valence-electron chi connectivity index (χ1n) is 8.22. The lowest BCUT2D eigenvalue weighted by Crippen LogP contribution is -2.46. The average Bonchev–Trinajstić information content (AvgIpc) is 3.12. The molecular weight excluding hydrogens is 321 g/mol. The van der Waals surface area contributed by atoms with Gasteiger partial charge in [0.2, 0.25) is 5.89 Å². The molecule has 0 atom stereocenters. The Balaban J connectivity index is 1.35. The number of halogens is 1. The van der Waals surface area contributed by atoms with Crippen LogP contribution in [0.2, 0.25) is 0 Å². The molecule has 1 fully saturated rings. The lowest BCUT2D eigenvalue weighted by atomic mass is 10.2. The molecule has 0 amide bonds. The smallest absolute Gasteiger partial charge is 0.209 e. The highest BCUT2D eigenvalue weighted by Gasteiger charge is 2.19. The minimum absolute atomic E-state index is 0.260. The van der Waals surface area contributed by atoms with Crippen LogP contribution in [0.15, 0.2) is 53.5 Å². The Morgan fingerprint density at radius 2 is 1.76 bits per heavy atom. The van der Waals surface area contributed by atoms with Crippen LogP contribution in [-0.4, -0.2) is 46.0 Å². The summed E-state index contributed by atoms with van der Waals surface area (Å²) in [5.74, 6) is 1.99. The molecule has 1 aromatic carbocycles. The largest absolute Gasteiger partial charge is 0.439 e. The predicted molar refractivity (Wildman–Crippen MR) is 91.4 cm³/mol. The van der Waals surface area contributed by atoms with E-state index in [0.717, 1.165) is 37.6 Å². The van der Waals surface area contributed by atoms with Crippen LogP contribution in [0.1, 0.15) is 5.89 Å². The summed E-state index contributed by atoms with van der Waals surface area (Å²) in [5.41, 5.74) is 0.827. The van der Waals surface area contributed by atoms with E-state index in [9.17, 15) is 4.39 Å². The van der Waals surface area contributed by atoms with Gasteiger partial charge in [0, 0.05) is 44.1 Å². The van der Waals surface area contributed by atoms with Crippen LogP contribution in [0.4, 0.5) is 10.2 Å². The van der Waals surface area contributed by atoms with E-state index in [0.29, 0.717) is 18.2 Å². The number of benzene rings is 1. The zero-order chi connectivity index (χ0) is 17.1. The second kappa shape index (κ2) is 6.98. The summed E-state index contributed by atoms with van der Waals surface area (Å²) in [6, 6.07) is 6.23. The monoisotopic (exact) mass is 339 g/mol. The highest BCUT2D eigenvalue weighted by molar-refractivity contribution is 5.55. The highest BCUT2D eigenvalue weighted by Crippen LogP contribution is 2.21. The summed E-state index contributed by atoms with van der Waals surface area (Å²) < 4.78 is 18.8.